The molecule has 0 N–H and O–H groups in total. The van der Waals surface area contributed by atoms with Gasteiger partial charge in [0.15, 0.2) is 0 Å². The molecule has 3 aromatic rings. The third-order valence-corrected chi connectivity index (χ3v) is 6.66. The van der Waals surface area contributed by atoms with Gasteiger partial charge in [0.05, 0.1) is 25.4 Å². The van der Waals surface area contributed by atoms with Gasteiger partial charge < -0.3 is 29.3 Å². The number of ether oxygens (including phenoxy) is 2. The standard InChI is InChI=1S/C32H39NO6.2Li/c1-38-28-17-13-24(14-18-28)9-6-4-2-3-5-7-22-39-30-20-16-27(33-29(30)19-21-31(34)35)15-12-25-10-8-11-26(23-25)32(36)37;;/h8,10-11,13-14,16-18,20,23H,2-7,9,12,15,19,21-22H2,1H3,(H,34,35)(H,36,37);;/q;2*+1/p-2. The van der Waals surface area contributed by atoms with Gasteiger partial charge in [-0.2, -0.15) is 0 Å². The van der Waals surface area contributed by atoms with E-state index in [0.29, 0.717) is 30.9 Å². The molecule has 0 saturated heterocycles. The van der Waals surface area contributed by atoms with Crippen LogP contribution in [-0.4, -0.2) is 30.6 Å². The smallest absolute Gasteiger partial charge is 0.550 e. The van der Waals surface area contributed by atoms with Crippen LogP contribution in [0.2, 0.25) is 0 Å². The Bertz CT molecular complexity index is 1200. The van der Waals surface area contributed by atoms with Crippen molar-refractivity contribution < 1.29 is 67.0 Å². The number of carbonyl (C=O) groups is 2. The summed E-state index contributed by atoms with van der Waals surface area (Å²) >= 11 is 0. The van der Waals surface area contributed by atoms with Crippen LogP contribution in [0.15, 0.2) is 60.7 Å². The summed E-state index contributed by atoms with van der Waals surface area (Å²) < 4.78 is 11.2. The number of carboxylic acids is 2. The zero-order chi connectivity index (χ0) is 27.9. The van der Waals surface area contributed by atoms with Gasteiger partial charge in [0.25, 0.3) is 0 Å². The maximum absolute atomic E-state index is 11.1. The summed E-state index contributed by atoms with van der Waals surface area (Å²) in [5, 5.41) is 22.1. The fourth-order valence-electron chi connectivity index (χ4n) is 4.44. The number of aliphatic carboxylic acids is 1. The predicted molar refractivity (Wildman–Crippen MR) is 146 cm³/mol. The second-order valence-electron chi connectivity index (χ2n) is 9.68. The van der Waals surface area contributed by atoms with Gasteiger partial charge >= 0.3 is 37.7 Å². The third kappa shape index (κ3) is 13.7. The molecule has 0 atom stereocenters. The van der Waals surface area contributed by atoms with E-state index in [9.17, 15) is 19.8 Å². The summed E-state index contributed by atoms with van der Waals surface area (Å²) in [6.45, 7) is 0.557. The van der Waals surface area contributed by atoms with Crippen LogP contribution in [0.3, 0.4) is 0 Å². The van der Waals surface area contributed by atoms with Gasteiger partial charge in [-0.25, -0.2) is 0 Å². The molecule has 1 aromatic heterocycles. The van der Waals surface area contributed by atoms with Gasteiger partial charge in [-0.15, -0.1) is 0 Å². The van der Waals surface area contributed by atoms with Gasteiger partial charge in [-0.05, 0) is 92.0 Å². The Kier molecular flexibility index (Phi) is 17.9. The number of hydrogen-bond acceptors (Lipinski definition) is 7. The third-order valence-electron chi connectivity index (χ3n) is 6.66. The van der Waals surface area contributed by atoms with Crippen LogP contribution in [-0.2, 0) is 30.5 Å². The largest absolute Gasteiger partial charge is 1.00 e. The number of aromatic carboxylic acids is 1. The fourth-order valence-corrected chi connectivity index (χ4v) is 4.44. The van der Waals surface area contributed by atoms with E-state index in [1.807, 2.05) is 30.3 Å². The molecule has 0 unspecified atom stereocenters. The molecule has 0 spiro atoms. The van der Waals surface area contributed by atoms with Crippen LogP contribution in [0.5, 0.6) is 11.5 Å². The normalized spacial score (nSPS) is 10.3. The molecular formula is C32H37Li2NO6. The van der Waals surface area contributed by atoms with Gasteiger partial charge in [0.2, 0.25) is 0 Å². The van der Waals surface area contributed by atoms with E-state index in [4.69, 9.17) is 9.47 Å². The summed E-state index contributed by atoms with van der Waals surface area (Å²) in [5.41, 5.74) is 3.76. The van der Waals surface area contributed by atoms with Gasteiger partial charge in [-0.3, -0.25) is 4.98 Å². The van der Waals surface area contributed by atoms with Crippen molar-refractivity contribution in [1.82, 2.24) is 4.98 Å². The Hall–Kier alpha value is -2.68. The van der Waals surface area contributed by atoms with Crippen LogP contribution < -0.4 is 57.4 Å². The van der Waals surface area contributed by atoms with Crippen molar-refractivity contribution in [1.29, 1.82) is 0 Å². The van der Waals surface area contributed by atoms with Crippen LogP contribution in [0.1, 0.15) is 77.8 Å². The summed E-state index contributed by atoms with van der Waals surface area (Å²) in [7, 11) is 1.68. The second kappa shape index (κ2) is 20.2. The van der Waals surface area contributed by atoms with Gasteiger partial charge in [-0.1, -0.05) is 56.0 Å². The molecule has 0 bridgehead atoms. The van der Waals surface area contributed by atoms with Crippen molar-refractivity contribution in [2.24, 2.45) is 0 Å². The molecule has 41 heavy (non-hydrogen) atoms. The van der Waals surface area contributed by atoms with E-state index >= 15 is 0 Å². The van der Waals surface area contributed by atoms with Crippen LogP contribution in [0, 0.1) is 0 Å². The first-order chi connectivity index (χ1) is 18.9. The molecule has 9 heteroatoms. The number of rotatable bonds is 18. The van der Waals surface area contributed by atoms with E-state index in [2.05, 4.69) is 17.1 Å². The molecule has 7 nitrogen and oxygen atoms in total. The summed E-state index contributed by atoms with van der Waals surface area (Å²) in [6, 6.07) is 18.6. The minimum Gasteiger partial charge on any atom is -0.550 e. The van der Waals surface area contributed by atoms with Gasteiger partial charge in [0.1, 0.15) is 11.5 Å². The quantitative estimate of drug-likeness (QED) is 0.133. The number of aromatic nitrogens is 1. The Morgan fingerprint density at radius 1 is 0.756 bits per heavy atom. The molecule has 0 aliphatic rings. The summed E-state index contributed by atoms with van der Waals surface area (Å²) in [5.74, 6) is -0.832. The average Bonchev–Trinajstić information content (AvgIpc) is 2.95. The number of benzene rings is 2. The maximum Gasteiger partial charge on any atom is 1.00 e. The average molecular weight is 546 g/mol. The molecule has 3 rings (SSSR count). The SMILES string of the molecule is COc1ccc(CCCCCCCCOc2ccc(CCc3cccc(C(=O)[O-])c3)nc2CCC(=O)[O-])cc1.[Li+].[Li+]. The number of carboxylic acid groups (broad SMARTS) is 2. The minimum absolute atomic E-state index is 0. The molecule has 0 radical (unpaired) electrons. The van der Waals surface area contributed by atoms with E-state index in [0.717, 1.165) is 42.7 Å². The first-order valence-corrected chi connectivity index (χ1v) is 13.7. The molecule has 0 fully saturated rings. The van der Waals surface area contributed by atoms with Gasteiger partial charge in [0, 0.05) is 11.7 Å². The van der Waals surface area contributed by atoms with Crippen molar-refractivity contribution >= 4 is 11.9 Å². The molecule has 0 aliphatic carbocycles. The Balaban J connectivity index is 0.00000420. The zero-order valence-electron chi connectivity index (χ0n) is 24.7. The molecule has 0 saturated carbocycles. The van der Waals surface area contributed by atoms with Crippen molar-refractivity contribution in [3.05, 3.63) is 88.7 Å². The van der Waals surface area contributed by atoms with E-state index in [1.165, 1.54) is 30.9 Å². The molecule has 2 aromatic carbocycles. The van der Waals surface area contributed by atoms with Crippen molar-refractivity contribution in [3.63, 3.8) is 0 Å². The van der Waals surface area contributed by atoms with E-state index < -0.39 is 11.9 Å². The minimum atomic E-state index is -1.20. The second-order valence-corrected chi connectivity index (χ2v) is 9.68. The maximum atomic E-state index is 11.1. The van der Waals surface area contributed by atoms with Crippen LogP contribution in [0.25, 0.3) is 0 Å². The molecule has 0 amide bonds. The Morgan fingerprint density at radius 2 is 1.46 bits per heavy atom. The number of methoxy groups -OCH3 is 1. The Morgan fingerprint density at radius 3 is 2.15 bits per heavy atom. The zero-order valence-corrected chi connectivity index (χ0v) is 24.7. The fraction of sp³-hybridized carbons (Fsp3) is 0.406. The molecular weight excluding hydrogens is 508 g/mol. The van der Waals surface area contributed by atoms with Crippen LogP contribution >= 0.6 is 0 Å². The monoisotopic (exact) mass is 545 g/mol. The molecule has 208 valence electrons. The summed E-state index contributed by atoms with van der Waals surface area (Å²) in [6.07, 6.45) is 9.10. The number of hydrogen-bond donors (Lipinski definition) is 0. The molecule has 0 aliphatic heterocycles. The molecule has 1 heterocycles. The summed E-state index contributed by atoms with van der Waals surface area (Å²) in [4.78, 5) is 26.8. The topological polar surface area (TPSA) is 112 Å². The number of unbranched alkanes of at least 4 members (excludes halogenated alkanes) is 5. The van der Waals surface area contributed by atoms with Crippen molar-refractivity contribution in [2.45, 2.75) is 70.6 Å². The number of aryl methyl sites for hydroxylation is 4. The van der Waals surface area contributed by atoms with Crippen molar-refractivity contribution in [3.8, 4) is 11.5 Å². The van der Waals surface area contributed by atoms with E-state index in [-0.39, 0.29) is 56.1 Å². The number of nitrogens with zero attached hydrogens (tertiary/aromatic N) is 1. The first-order valence-electron chi connectivity index (χ1n) is 13.7. The number of pyridine rings is 1. The van der Waals surface area contributed by atoms with Crippen LogP contribution in [0.4, 0.5) is 0 Å². The van der Waals surface area contributed by atoms with E-state index in [1.54, 1.807) is 19.2 Å². The first kappa shape index (κ1) is 36.4. The van der Waals surface area contributed by atoms with Crippen molar-refractivity contribution in [2.75, 3.05) is 13.7 Å². The predicted octanol–water partition coefficient (Wildman–Crippen LogP) is -2.11. The number of carbonyl (C=O) groups excluding carboxylic acids is 2. The Labute approximate surface area is 267 Å².